The molecule has 26 heavy (non-hydrogen) atoms. The lowest BCUT2D eigenvalue weighted by molar-refractivity contribution is 0.672. The molecule has 0 atom stereocenters. The summed E-state index contributed by atoms with van der Waals surface area (Å²) in [7, 11) is 0. The van der Waals surface area contributed by atoms with Crippen LogP contribution >= 0.6 is 11.3 Å². The topological polar surface area (TPSA) is 75.6 Å². The summed E-state index contributed by atoms with van der Waals surface area (Å²) in [6, 6.07) is 14.4. The summed E-state index contributed by atoms with van der Waals surface area (Å²) < 4.78 is 0.992. The van der Waals surface area contributed by atoms with Gasteiger partial charge in [0.15, 0.2) is 0 Å². The van der Waals surface area contributed by atoms with Gasteiger partial charge in [-0.3, -0.25) is 0 Å². The van der Waals surface area contributed by atoms with Gasteiger partial charge in [-0.05, 0) is 42.9 Å². The molecule has 0 radical (unpaired) electrons. The molecule has 4 nitrogen and oxygen atoms in total. The number of nitriles is 1. The number of nitrogens with zero attached hydrogens (tertiary/aromatic N) is 3. The maximum absolute atomic E-state index is 9.69. The predicted molar refractivity (Wildman–Crippen MR) is 106 cm³/mol. The molecule has 4 aromatic rings. The Morgan fingerprint density at radius 1 is 1.08 bits per heavy atom. The van der Waals surface area contributed by atoms with Gasteiger partial charge in [-0.2, -0.15) is 5.26 Å². The van der Waals surface area contributed by atoms with E-state index in [-0.39, 0.29) is 5.82 Å². The van der Waals surface area contributed by atoms with Crippen molar-refractivity contribution in [3.8, 4) is 17.2 Å². The number of fused-ring (bicyclic) bond motifs is 4. The van der Waals surface area contributed by atoms with E-state index in [0.29, 0.717) is 5.56 Å². The molecular formula is C21H16N4S. The van der Waals surface area contributed by atoms with Gasteiger partial charge < -0.3 is 5.73 Å². The number of anilines is 1. The average Bonchev–Trinajstić information content (AvgIpc) is 3.02. The zero-order valence-corrected chi connectivity index (χ0v) is 14.9. The molecule has 0 spiro atoms. The van der Waals surface area contributed by atoms with Crippen LogP contribution in [0.5, 0.6) is 0 Å². The molecule has 1 aliphatic carbocycles. The normalized spacial score (nSPS) is 13.7. The summed E-state index contributed by atoms with van der Waals surface area (Å²) in [4.78, 5) is 10.5. The Labute approximate surface area is 154 Å². The summed E-state index contributed by atoms with van der Waals surface area (Å²) >= 11 is 1.61. The van der Waals surface area contributed by atoms with Crippen molar-refractivity contribution in [3.05, 3.63) is 53.2 Å². The van der Waals surface area contributed by atoms with Crippen molar-refractivity contribution in [1.29, 1.82) is 5.26 Å². The molecular weight excluding hydrogens is 340 g/mol. The molecule has 3 aromatic heterocycles. The number of aryl methyl sites for hydroxylation is 2. The van der Waals surface area contributed by atoms with E-state index in [9.17, 15) is 5.26 Å². The van der Waals surface area contributed by atoms with Gasteiger partial charge in [0.05, 0.1) is 10.2 Å². The minimum atomic E-state index is 0.288. The summed E-state index contributed by atoms with van der Waals surface area (Å²) in [5, 5.41) is 10.7. The lowest BCUT2D eigenvalue weighted by Gasteiger charge is -2.14. The molecule has 3 heterocycles. The van der Waals surface area contributed by atoms with Gasteiger partial charge >= 0.3 is 0 Å². The highest BCUT2D eigenvalue weighted by Gasteiger charge is 2.21. The molecule has 126 valence electrons. The molecule has 2 N–H and O–H groups in total. The molecule has 0 aliphatic heterocycles. The van der Waals surface area contributed by atoms with Crippen molar-refractivity contribution in [3.63, 3.8) is 0 Å². The van der Waals surface area contributed by atoms with Gasteiger partial charge in [0.25, 0.3) is 0 Å². The lowest BCUT2D eigenvalue weighted by atomic mass is 9.95. The van der Waals surface area contributed by atoms with Crippen LogP contribution in [0.3, 0.4) is 0 Å². The highest BCUT2D eigenvalue weighted by Crippen LogP contribution is 2.42. The van der Waals surface area contributed by atoms with Crippen molar-refractivity contribution in [2.75, 3.05) is 5.73 Å². The third-order valence-corrected chi connectivity index (χ3v) is 6.18. The zero-order chi connectivity index (χ0) is 17.7. The van der Waals surface area contributed by atoms with Crippen LogP contribution in [0.25, 0.3) is 31.6 Å². The van der Waals surface area contributed by atoms with Gasteiger partial charge in [0, 0.05) is 16.6 Å². The summed E-state index contributed by atoms with van der Waals surface area (Å²) in [5.41, 5.74) is 11.9. The van der Waals surface area contributed by atoms with Gasteiger partial charge in [0.1, 0.15) is 22.3 Å². The molecule has 0 bridgehead atoms. The van der Waals surface area contributed by atoms with Crippen molar-refractivity contribution in [2.45, 2.75) is 25.7 Å². The summed E-state index contributed by atoms with van der Waals surface area (Å²) in [6.45, 7) is 0. The smallest absolute Gasteiger partial charge is 0.142 e. The van der Waals surface area contributed by atoms with E-state index in [2.05, 4.69) is 17.1 Å². The number of benzene rings is 1. The third kappa shape index (κ3) is 2.19. The van der Waals surface area contributed by atoms with E-state index in [4.69, 9.17) is 10.7 Å². The molecule has 0 saturated heterocycles. The van der Waals surface area contributed by atoms with Crippen LogP contribution in [-0.4, -0.2) is 9.97 Å². The Morgan fingerprint density at radius 3 is 2.69 bits per heavy atom. The van der Waals surface area contributed by atoms with Crippen LogP contribution in [0.4, 0.5) is 5.82 Å². The fraction of sp³-hybridized carbons (Fsp3) is 0.190. The largest absolute Gasteiger partial charge is 0.383 e. The molecule has 1 aliphatic rings. The SMILES string of the molecule is N#Cc1c(N)nc2c(sc3nc4c(cc32)CCCC4)c1-c1ccccc1. The zero-order valence-electron chi connectivity index (χ0n) is 14.1. The number of hydrogen-bond donors (Lipinski definition) is 1. The molecule has 5 rings (SSSR count). The number of aromatic nitrogens is 2. The Hall–Kier alpha value is -2.97. The molecule has 1 aromatic carbocycles. The van der Waals surface area contributed by atoms with Gasteiger partial charge in [-0.25, -0.2) is 9.97 Å². The highest BCUT2D eigenvalue weighted by molar-refractivity contribution is 7.26. The second-order valence-electron chi connectivity index (χ2n) is 6.66. The van der Waals surface area contributed by atoms with Crippen LogP contribution in [0.1, 0.15) is 29.7 Å². The van der Waals surface area contributed by atoms with Crippen LogP contribution < -0.4 is 5.73 Å². The Bertz CT molecular complexity index is 1200. The standard InChI is InChI=1S/C21H16N4S/c22-11-15-17(12-6-2-1-3-7-12)19-18(25-20(15)23)14-10-13-8-4-5-9-16(13)24-21(14)26-19/h1-3,6-7,10H,4-5,8-9H2,(H2,23,25). The molecule has 0 amide bonds. The first-order valence-electron chi connectivity index (χ1n) is 8.76. The van der Waals surface area contributed by atoms with E-state index < -0.39 is 0 Å². The van der Waals surface area contributed by atoms with Gasteiger partial charge in [-0.1, -0.05) is 30.3 Å². The van der Waals surface area contributed by atoms with Crippen molar-refractivity contribution in [1.82, 2.24) is 9.97 Å². The predicted octanol–water partition coefficient (Wildman–Crippen LogP) is 4.84. The Morgan fingerprint density at radius 2 is 1.88 bits per heavy atom. The fourth-order valence-electron chi connectivity index (χ4n) is 3.82. The molecule has 0 fully saturated rings. The maximum Gasteiger partial charge on any atom is 0.142 e. The maximum atomic E-state index is 9.69. The first-order chi connectivity index (χ1) is 12.8. The van der Waals surface area contributed by atoms with Crippen molar-refractivity contribution >= 4 is 37.6 Å². The van der Waals surface area contributed by atoms with Crippen molar-refractivity contribution < 1.29 is 0 Å². The lowest BCUT2D eigenvalue weighted by Crippen LogP contribution is -2.04. The summed E-state index contributed by atoms with van der Waals surface area (Å²) in [6.07, 6.45) is 4.54. The first-order valence-corrected chi connectivity index (χ1v) is 9.58. The second kappa shape index (κ2) is 5.79. The van der Waals surface area contributed by atoms with Gasteiger partial charge in [-0.15, -0.1) is 11.3 Å². The van der Waals surface area contributed by atoms with Crippen LogP contribution in [0.2, 0.25) is 0 Å². The van der Waals surface area contributed by atoms with Crippen LogP contribution in [0, 0.1) is 11.3 Å². The molecule has 0 unspecified atom stereocenters. The van der Waals surface area contributed by atoms with E-state index >= 15 is 0 Å². The van der Waals surface area contributed by atoms with E-state index in [0.717, 1.165) is 44.4 Å². The number of nitrogen functional groups attached to an aromatic ring is 1. The van der Waals surface area contributed by atoms with Crippen LogP contribution in [0.15, 0.2) is 36.4 Å². The Balaban J connectivity index is 1.92. The average molecular weight is 356 g/mol. The Kier molecular flexibility index (Phi) is 3.41. The third-order valence-electron chi connectivity index (χ3n) is 5.07. The first kappa shape index (κ1) is 15.3. The van der Waals surface area contributed by atoms with Crippen molar-refractivity contribution in [2.24, 2.45) is 0 Å². The minimum Gasteiger partial charge on any atom is -0.383 e. The van der Waals surface area contributed by atoms with E-state index in [1.807, 2.05) is 30.3 Å². The minimum absolute atomic E-state index is 0.288. The summed E-state index contributed by atoms with van der Waals surface area (Å²) in [5.74, 6) is 0.288. The number of pyridine rings is 2. The second-order valence-corrected chi connectivity index (χ2v) is 7.66. The van der Waals surface area contributed by atoms with E-state index in [1.165, 1.54) is 24.1 Å². The molecule has 0 saturated carbocycles. The number of nitrogens with two attached hydrogens (primary N) is 1. The number of thiophene rings is 1. The van der Waals surface area contributed by atoms with Gasteiger partial charge in [0.2, 0.25) is 0 Å². The number of hydrogen-bond acceptors (Lipinski definition) is 5. The monoisotopic (exact) mass is 356 g/mol. The fourth-order valence-corrected chi connectivity index (χ4v) is 5.01. The van der Waals surface area contributed by atoms with E-state index in [1.54, 1.807) is 11.3 Å². The molecule has 5 heteroatoms. The number of rotatable bonds is 1. The van der Waals surface area contributed by atoms with Crippen LogP contribution in [-0.2, 0) is 12.8 Å². The quantitative estimate of drug-likeness (QED) is 0.529. The highest BCUT2D eigenvalue weighted by atomic mass is 32.1.